The highest BCUT2D eigenvalue weighted by molar-refractivity contribution is 5.90. The van der Waals surface area contributed by atoms with Gasteiger partial charge in [0, 0.05) is 0 Å². The minimum atomic E-state index is -1.24. The summed E-state index contributed by atoms with van der Waals surface area (Å²) in [5, 5.41) is 8.59. The van der Waals surface area contributed by atoms with Crippen LogP contribution in [0, 0.1) is 5.41 Å². The molecule has 0 saturated carbocycles. The van der Waals surface area contributed by atoms with Gasteiger partial charge in [-0.2, -0.15) is 0 Å². The number of hydrogen-bond donors (Lipinski definition) is 1. The van der Waals surface area contributed by atoms with Crippen molar-refractivity contribution >= 4 is 17.9 Å². The number of carboxylic acids is 1. The first kappa shape index (κ1) is 18.7. The second-order valence-corrected chi connectivity index (χ2v) is 6.72. The smallest absolute Gasteiger partial charge is 0.318 e. The van der Waals surface area contributed by atoms with E-state index in [1.165, 1.54) is 0 Å². The molecule has 0 fully saturated rings. The van der Waals surface area contributed by atoms with Gasteiger partial charge in [-0.25, -0.2) is 0 Å². The highest BCUT2D eigenvalue weighted by atomic mass is 16.6. The Labute approximate surface area is 135 Å². The molecule has 0 unspecified atom stereocenters. The zero-order chi connectivity index (χ0) is 17.8. The Kier molecular flexibility index (Phi) is 5.53. The molecule has 6 nitrogen and oxygen atoms in total. The first-order valence-corrected chi connectivity index (χ1v) is 7.18. The fourth-order valence-electron chi connectivity index (χ4n) is 1.69. The Hall–Kier alpha value is -2.37. The van der Waals surface area contributed by atoms with Gasteiger partial charge in [-0.1, -0.05) is 12.1 Å². The van der Waals surface area contributed by atoms with Crippen LogP contribution >= 0.6 is 0 Å². The van der Waals surface area contributed by atoms with Crippen LogP contribution in [0.5, 0.6) is 5.75 Å². The molecule has 1 rings (SSSR count). The highest BCUT2D eigenvalue weighted by Crippen LogP contribution is 2.28. The number of aliphatic carboxylic acids is 1. The average molecular weight is 322 g/mol. The Morgan fingerprint density at radius 1 is 1.00 bits per heavy atom. The van der Waals surface area contributed by atoms with Gasteiger partial charge in [0.15, 0.2) is 0 Å². The van der Waals surface area contributed by atoms with Gasteiger partial charge in [0.2, 0.25) is 0 Å². The topological polar surface area (TPSA) is 89.9 Å². The van der Waals surface area contributed by atoms with Gasteiger partial charge in [0.25, 0.3) is 0 Å². The molecule has 0 spiro atoms. The van der Waals surface area contributed by atoms with Crippen molar-refractivity contribution in [2.45, 2.75) is 46.6 Å². The van der Waals surface area contributed by atoms with Crippen LogP contribution in [-0.2, 0) is 24.7 Å². The number of ether oxygens (including phenoxy) is 2. The van der Waals surface area contributed by atoms with Gasteiger partial charge >= 0.3 is 17.9 Å². The Morgan fingerprint density at radius 2 is 1.52 bits per heavy atom. The van der Waals surface area contributed by atoms with E-state index in [9.17, 15) is 14.4 Å². The van der Waals surface area contributed by atoms with Crippen LogP contribution < -0.4 is 4.74 Å². The lowest BCUT2D eigenvalue weighted by Crippen LogP contribution is -2.27. The molecule has 0 heterocycles. The van der Waals surface area contributed by atoms with Crippen molar-refractivity contribution in [2.24, 2.45) is 5.41 Å². The zero-order valence-corrected chi connectivity index (χ0v) is 14.0. The van der Waals surface area contributed by atoms with Gasteiger partial charge < -0.3 is 14.6 Å². The highest BCUT2D eigenvalue weighted by Gasteiger charge is 2.27. The molecule has 0 atom stereocenters. The Morgan fingerprint density at radius 3 is 1.96 bits per heavy atom. The van der Waals surface area contributed by atoms with Gasteiger partial charge in [-0.05, 0) is 52.3 Å². The van der Waals surface area contributed by atoms with E-state index in [1.807, 2.05) is 0 Å². The van der Waals surface area contributed by atoms with Crippen molar-refractivity contribution < 1.29 is 29.0 Å². The van der Waals surface area contributed by atoms with E-state index in [2.05, 4.69) is 0 Å². The fraction of sp³-hybridized carbons (Fsp3) is 0.471. The molecular weight excluding hydrogens is 300 g/mol. The normalized spacial score (nSPS) is 11.7. The molecule has 0 bridgehead atoms. The second kappa shape index (κ2) is 6.81. The molecule has 6 heteroatoms. The number of carbonyl (C=O) groups is 3. The number of esters is 2. The fourth-order valence-corrected chi connectivity index (χ4v) is 1.69. The van der Waals surface area contributed by atoms with E-state index in [-0.39, 0.29) is 5.97 Å². The summed E-state index contributed by atoms with van der Waals surface area (Å²) in [7, 11) is 0. The molecule has 126 valence electrons. The van der Waals surface area contributed by atoms with E-state index >= 15 is 0 Å². The van der Waals surface area contributed by atoms with Gasteiger partial charge in [0.05, 0.1) is 5.41 Å². The third kappa shape index (κ3) is 5.73. The average Bonchev–Trinajstić information content (AvgIpc) is 2.36. The Balaban J connectivity index is 2.80. The standard InChI is InChI=1S/C17H22O6/c1-16(2,3)15(21)22-12-8-6-11(7-9-12)17(4,5)23-14(20)10-13(18)19/h6-9H,10H2,1-5H3,(H,18,19). The molecule has 0 amide bonds. The SMILES string of the molecule is CC(C)(C)C(=O)Oc1ccc(C(C)(C)OC(=O)CC(=O)O)cc1. The van der Waals surface area contributed by atoms with Crippen LogP contribution in [0.2, 0.25) is 0 Å². The summed E-state index contributed by atoms with van der Waals surface area (Å²) < 4.78 is 10.4. The first-order valence-electron chi connectivity index (χ1n) is 7.18. The van der Waals surface area contributed by atoms with E-state index in [1.54, 1.807) is 58.9 Å². The van der Waals surface area contributed by atoms with Crippen LogP contribution in [0.3, 0.4) is 0 Å². The number of carbonyl (C=O) groups excluding carboxylic acids is 2. The van der Waals surface area contributed by atoms with E-state index in [0.717, 1.165) is 0 Å². The van der Waals surface area contributed by atoms with Crippen LogP contribution in [0.15, 0.2) is 24.3 Å². The lowest BCUT2D eigenvalue weighted by molar-refractivity contribution is -0.161. The molecule has 0 aliphatic rings. The summed E-state index contributed by atoms with van der Waals surface area (Å²) in [4.78, 5) is 33.8. The first-order chi connectivity index (χ1) is 10.4. The van der Waals surface area contributed by atoms with Crippen molar-refractivity contribution in [3.05, 3.63) is 29.8 Å². The monoisotopic (exact) mass is 322 g/mol. The van der Waals surface area contributed by atoms with Gasteiger partial charge in [0.1, 0.15) is 17.8 Å². The molecule has 1 aromatic rings. The van der Waals surface area contributed by atoms with Crippen LogP contribution in [0.1, 0.15) is 46.6 Å². The zero-order valence-electron chi connectivity index (χ0n) is 14.0. The van der Waals surface area contributed by atoms with E-state index in [0.29, 0.717) is 11.3 Å². The molecule has 0 saturated heterocycles. The van der Waals surface area contributed by atoms with Crippen molar-refractivity contribution in [2.75, 3.05) is 0 Å². The summed E-state index contributed by atoms with van der Waals surface area (Å²) >= 11 is 0. The third-order valence-corrected chi connectivity index (χ3v) is 3.04. The largest absolute Gasteiger partial charge is 0.481 e. The predicted octanol–water partition coefficient (Wildman–Crippen LogP) is 2.89. The molecule has 23 heavy (non-hydrogen) atoms. The summed E-state index contributed by atoms with van der Waals surface area (Å²) in [6, 6.07) is 6.54. The molecule has 0 aliphatic carbocycles. The molecule has 0 radical (unpaired) electrons. The molecule has 1 aromatic carbocycles. The lowest BCUT2D eigenvalue weighted by Gasteiger charge is -2.25. The van der Waals surface area contributed by atoms with Crippen molar-refractivity contribution in [1.82, 2.24) is 0 Å². The van der Waals surface area contributed by atoms with E-state index < -0.39 is 29.4 Å². The predicted molar refractivity (Wildman–Crippen MR) is 82.9 cm³/mol. The number of rotatable bonds is 5. The number of hydrogen-bond acceptors (Lipinski definition) is 5. The van der Waals surface area contributed by atoms with Gasteiger partial charge in [-0.15, -0.1) is 0 Å². The lowest BCUT2D eigenvalue weighted by atomic mass is 9.97. The van der Waals surface area contributed by atoms with Crippen molar-refractivity contribution in [3.8, 4) is 5.75 Å². The molecule has 1 N–H and O–H groups in total. The van der Waals surface area contributed by atoms with Crippen molar-refractivity contribution in [1.29, 1.82) is 0 Å². The molecule has 0 aliphatic heterocycles. The Bertz CT molecular complexity index is 593. The van der Waals surface area contributed by atoms with Crippen LogP contribution in [0.4, 0.5) is 0 Å². The van der Waals surface area contributed by atoms with Crippen LogP contribution in [-0.4, -0.2) is 23.0 Å². The number of carboxylic acid groups (broad SMARTS) is 1. The van der Waals surface area contributed by atoms with Gasteiger partial charge in [-0.3, -0.25) is 14.4 Å². The van der Waals surface area contributed by atoms with Crippen LogP contribution in [0.25, 0.3) is 0 Å². The summed E-state index contributed by atoms with van der Waals surface area (Å²) in [5.41, 5.74) is -0.935. The second-order valence-electron chi connectivity index (χ2n) is 6.72. The van der Waals surface area contributed by atoms with Crippen molar-refractivity contribution in [3.63, 3.8) is 0 Å². The summed E-state index contributed by atoms with van der Waals surface area (Å²) in [6.07, 6.45) is -0.690. The summed E-state index contributed by atoms with van der Waals surface area (Å²) in [6.45, 7) is 8.59. The maximum Gasteiger partial charge on any atom is 0.318 e. The quantitative estimate of drug-likeness (QED) is 0.509. The minimum Gasteiger partial charge on any atom is -0.481 e. The minimum absolute atomic E-state index is 0.350. The number of benzene rings is 1. The third-order valence-electron chi connectivity index (χ3n) is 3.04. The molecule has 0 aromatic heterocycles. The molecular formula is C17H22O6. The maximum atomic E-state index is 11.8. The summed E-state index contributed by atoms with van der Waals surface area (Å²) in [5.74, 6) is -2.01. The maximum absolute atomic E-state index is 11.8. The van der Waals surface area contributed by atoms with E-state index in [4.69, 9.17) is 14.6 Å².